The Morgan fingerprint density at radius 3 is 2.21 bits per heavy atom. The molecule has 0 bridgehead atoms. The summed E-state index contributed by atoms with van der Waals surface area (Å²) in [6.07, 6.45) is 4.07. The molecular weight excluding hydrogens is 915 g/mol. The first-order valence-corrected chi connectivity index (χ1v) is 26.0. The number of rotatable bonds is 30. The molecule has 0 radical (unpaired) electrons. The van der Waals surface area contributed by atoms with Crippen molar-refractivity contribution in [2.45, 2.75) is 129 Å². The molecule has 1 aliphatic heterocycles. The number of phosphoric ester groups is 3. The van der Waals surface area contributed by atoms with E-state index in [0.29, 0.717) is 12.2 Å². The number of imidazole rings is 1. The molecule has 0 saturated carbocycles. The van der Waals surface area contributed by atoms with Gasteiger partial charge >= 0.3 is 23.5 Å². The maximum atomic E-state index is 12.7. The highest BCUT2D eigenvalue weighted by Gasteiger charge is 2.50. The van der Waals surface area contributed by atoms with Gasteiger partial charge in [-0.25, -0.2) is 28.6 Å². The molecule has 24 nitrogen and oxygen atoms in total. The summed E-state index contributed by atoms with van der Waals surface area (Å²) in [5.74, 6) is -0.270. The fourth-order valence-electron chi connectivity index (χ4n) is 6.25. The van der Waals surface area contributed by atoms with Crippen LogP contribution in [0.2, 0.25) is 0 Å². The number of aliphatic hydroxyl groups excluding tert-OH is 2. The van der Waals surface area contributed by atoms with Crippen LogP contribution in [0.15, 0.2) is 12.7 Å². The molecule has 3 heterocycles. The first kappa shape index (κ1) is 54.9. The van der Waals surface area contributed by atoms with Crippen LogP contribution in [0.25, 0.3) is 11.2 Å². The van der Waals surface area contributed by atoms with Crippen LogP contribution >= 0.6 is 35.2 Å². The Balaban J connectivity index is 1.36. The molecule has 3 rings (SSSR count). The van der Waals surface area contributed by atoms with E-state index in [9.17, 15) is 57.9 Å². The van der Waals surface area contributed by atoms with E-state index in [0.717, 1.165) is 54.2 Å². The number of nitrogens with two attached hydrogens (primary N) is 1. The second kappa shape index (κ2) is 25.5. The lowest BCUT2D eigenvalue weighted by molar-refractivity contribution is -0.137. The predicted molar refractivity (Wildman–Crippen MR) is 228 cm³/mol. The summed E-state index contributed by atoms with van der Waals surface area (Å²) in [4.78, 5) is 88.2. The smallest absolute Gasteiger partial charge is 0.386 e. The molecule has 63 heavy (non-hydrogen) atoms. The third kappa shape index (κ3) is 19.5. The van der Waals surface area contributed by atoms with Crippen LogP contribution in [0, 0.1) is 11.3 Å². The van der Waals surface area contributed by atoms with Gasteiger partial charge in [-0.15, -0.1) is 0 Å². The molecule has 360 valence electrons. The minimum absolute atomic E-state index is 0.0332. The van der Waals surface area contributed by atoms with E-state index in [-0.39, 0.29) is 41.6 Å². The number of hydrogen-bond donors (Lipinski definition) is 9. The highest BCUT2D eigenvalue weighted by Crippen LogP contribution is 2.61. The molecule has 2 aromatic rings. The second-order valence-corrected chi connectivity index (χ2v) is 21.4. The van der Waals surface area contributed by atoms with Crippen molar-refractivity contribution in [2.24, 2.45) is 11.3 Å². The molecule has 28 heteroatoms. The lowest BCUT2D eigenvalue weighted by atomic mass is 9.87. The van der Waals surface area contributed by atoms with Crippen molar-refractivity contribution in [3.8, 4) is 0 Å². The summed E-state index contributed by atoms with van der Waals surface area (Å²) in [5, 5.41) is 26.6. The van der Waals surface area contributed by atoms with Gasteiger partial charge in [-0.1, -0.05) is 90.8 Å². The molecular formula is C35H62N7O17P3S. The van der Waals surface area contributed by atoms with E-state index in [1.54, 1.807) is 0 Å². The number of phosphoric acid groups is 3. The molecule has 10 N–H and O–H groups in total. The summed E-state index contributed by atoms with van der Waals surface area (Å²) >= 11 is 1.15. The van der Waals surface area contributed by atoms with Gasteiger partial charge in [-0.2, -0.15) is 4.31 Å². The van der Waals surface area contributed by atoms with Gasteiger partial charge in [-0.3, -0.25) is 32.5 Å². The largest absolute Gasteiger partial charge is 0.481 e. The number of nitrogens with zero attached hydrogens (tertiary/aromatic N) is 4. The number of amides is 2. The van der Waals surface area contributed by atoms with Gasteiger partial charge in [0.1, 0.15) is 36.3 Å². The fraction of sp³-hybridized carbons (Fsp3) is 0.771. The topological polar surface area (TPSA) is 364 Å². The first-order chi connectivity index (χ1) is 29.4. The average Bonchev–Trinajstić information content (AvgIpc) is 3.75. The highest BCUT2D eigenvalue weighted by molar-refractivity contribution is 8.13. The van der Waals surface area contributed by atoms with Gasteiger partial charge in [0, 0.05) is 37.1 Å². The van der Waals surface area contributed by atoms with E-state index >= 15 is 0 Å². The van der Waals surface area contributed by atoms with Gasteiger partial charge in [0.25, 0.3) is 0 Å². The van der Waals surface area contributed by atoms with Gasteiger partial charge < -0.3 is 50.9 Å². The van der Waals surface area contributed by atoms with E-state index in [1.807, 2.05) is 0 Å². The van der Waals surface area contributed by atoms with E-state index in [4.69, 9.17) is 19.5 Å². The maximum absolute atomic E-state index is 12.7. The molecule has 0 aliphatic carbocycles. The van der Waals surface area contributed by atoms with Crippen LogP contribution in [0.1, 0.15) is 105 Å². The molecule has 0 aromatic carbocycles. The Morgan fingerprint density at radius 1 is 0.921 bits per heavy atom. The van der Waals surface area contributed by atoms with Crippen LogP contribution in [0.3, 0.4) is 0 Å². The van der Waals surface area contributed by atoms with Crippen molar-refractivity contribution < 1.29 is 80.5 Å². The summed E-state index contributed by atoms with van der Waals surface area (Å²) in [5.41, 5.74) is 4.28. The molecule has 1 saturated heterocycles. The number of nitrogen functional groups attached to an aromatic ring is 1. The number of aromatic nitrogens is 4. The third-order valence-corrected chi connectivity index (χ3v) is 13.7. The molecule has 1 aliphatic rings. The van der Waals surface area contributed by atoms with Crippen LogP contribution in [0.5, 0.6) is 0 Å². The molecule has 2 amide bonds. The number of unbranched alkanes of at least 4 members (excludes halogenated alkanes) is 7. The quantitative estimate of drug-likeness (QED) is 0.0401. The summed E-state index contributed by atoms with van der Waals surface area (Å²) in [6.45, 7) is 5.06. The molecule has 7 unspecified atom stereocenters. The summed E-state index contributed by atoms with van der Waals surface area (Å²) in [7, 11) is -16.4. The number of carbonyl (C=O) groups excluding carboxylic acids is 3. The lowest BCUT2D eigenvalue weighted by Gasteiger charge is -2.30. The van der Waals surface area contributed by atoms with E-state index < -0.39 is 84.6 Å². The SMILES string of the molecule is CC(C)CCCCCCCCCCC(=O)SCCNC(=O)CCNC(=O)C(O)C(C)(C)COP(=O)(O)OP(=O)(O)OCC1OC(n2cnc3c(N)ncnc32)C(O)C1OP(=O)(O)O. The first-order valence-electron chi connectivity index (χ1n) is 20.5. The summed E-state index contributed by atoms with van der Waals surface area (Å²) < 4.78 is 62.3. The zero-order chi connectivity index (χ0) is 47.0. The van der Waals surface area contributed by atoms with Crippen LogP contribution in [-0.4, -0.2) is 123 Å². The Morgan fingerprint density at radius 2 is 1.56 bits per heavy atom. The van der Waals surface area contributed by atoms with Gasteiger partial charge in [0.15, 0.2) is 22.8 Å². The fourth-order valence-corrected chi connectivity index (χ4v) is 9.80. The van der Waals surface area contributed by atoms with Crippen LogP contribution in [0.4, 0.5) is 5.82 Å². The Labute approximate surface area is 369 Å². The predicted octanol–water partition coefficient (Wildman–Crippen LogP) is 3.22. The van der Waals surface area contributed by atoms with Crippen molar-refractivity contribution in [1.82, 2.24) is 30.2 Å². The molecule has 1 fully saturated rings. The lowest BCUT2D eigenvalue weighted by Crippen LogP contribution is -2.46. The van der Waals surface area contributed by atoms with Gasteiger partial charge in [0.05, 0.1) is 19.5 Å². The normalized spacial score (nSPS) is 20.7. The number of hydrogen-bond acceptors (Lipinski definition) is 18. The van der Waals surface area contributed by atoms with Gasteiger partial charge in [-0.05, 0) is 12.3 Å². The Bertz CT molecular complexity index is 1940. The second-order valence-electron chi connectivity index (χ2n) is 16.1. The standard InChI is InChI=1S/C35H62N7O17P3S/c1-23(2)13-11-9-7-5-6-8-10-12-14-26(44)63-18-17-37-25(43)15-16-38-33(47)30(46)35(3,4)20-56-62(53,54)59-61(51,52)55-19-24-29(58-60(48,49)50)28(45)34(57-24)42-22-41-27-31(36)39-21-40-32(27)42/h21-24,28-30,34,45-46H,5-20H2,1-4H3,(H,37,43)(H,38,47)(H,51,52)(H,53,54)(H2,36,39,40)(H2,48,49,50). The summed E-state index contributed by atoms with van der Waals surface area (Å²) in [6, 6.07) is 0. The number of thioether (sulfide) groups is 1. The van der Waals surface area contributed by atoms with E-state index in [1.165, 1.54) is 52.4 Å². The number of aliphatic hydroxyl groups is 2. The minimum Gasteiger partial charge on any atom is -0.386 e. The number of ether oxygens (including phenoxy) is 1. The number of carbonyl (C=O) groups is 3. The zero-order valence-corrected chi connectivity index (χ0v) is 39.2. The minimum atomic E-state index is -5.57. The third-order valence-electron chi connectivity index (χ3n) is 9.68. The number of fused-ring (bicyclic) bond motifs is 1. The zero-order valence-electron chi connectivity index (χ0n) is 35.7. The van der Waals surface area contributed by atoms with Crippen molar-refractivity contribution in [1.29, 1.82) is 0 Å². The molecule has 2 aromatic heterocycles. The van der Waals surface area contributed by atoms with Crippen molar-refractivity contribution in [3.63, 3.8) is 0 Å². The number of nitrogens with one attached hydrogen (secondary N) is 2. The Kier molecular flexibility index (Phi) is 22.2. The van der Waals surface area contributed by atoms with E-state index in [2.05, 4.69) is 48.3 Å². The van der Waals surface area contributed by atoms with Crippen LogP contribution < -0.4 is 16.4 Å². The van der Waals surface area contributed by atoms with Crippen molar-refractivity contribution in [2.75, 3.05) is 37.8 Å². The monoisotopic (exact) mass is 977 g/mol. The van der Waals surface area contributed by atoms with Crippen molar-refractivity contribution >= 4 is 69.1 Å². The highest BCUT2D eigenvalue weighted by atomic mass is 32.2. The van der Waals surface area contributed by atoms with Crippen LogP contribution in [-0.2, 0) is 50.7 Å². The van der Waals surface area contributed by atoms with Crippen molar-refractivity contribution in [3.05, 3.63) is 12.7 Å². The Hall–Kier alpha value is -2.44. The number of anilines is 1. The average molecular weight is 978 g/mol. The van der Waals surface area contributed by atoms with Gasteiger partial charge in [0.2, 0.25) is 11.8 Å². The molecule has 0 spiro atoms. The molecule has 7 atom stereocenters. The maximum Gasteiger partial charge on any atom is 0.481 e.